The van der Waals surface area contributed by atoms with Crippen molar-refractivity contribution in [1.29, 1.82) is 0 Å². The molecule has 0 spiro atoms. The maximum Gasteiger partial charge on any atom is 0.216 e. The average molecular weight is 940 g/mol. The zero-order valence-corrected chi connectivity index (χ0v) is 37.8. The number of hydrogen-bond donors (Lipinski definition) is 0. The number of nitrogens with zero attached hydrogens (tertiary/aromatic N) is 3. The van der Waals surface area contributed by atoms with Gasteiger partial charge in [-0.25, -0.2) is 4.98 Å². The zero-order chi connectivity index (χ0) is 40.4. The maximum atomic E-state index is 6.55. The first-order valence-electron chi connectivity index (χ1n) is 20.2. The van der Waals surface area contributed by atoms with Gasteiger partial charge in [-0.05, 0) is 102 Å². The summed E-state index contributed by atoms with van der Waals surface area (Å²) < 4.78 is 6.55. The van der Waals surface area contributed by atoms with E-state index in [4.69, 9.17) is 14.4 Å². The molecular formula is C53H53IrN3O-2. The molecular weight excluding hydrogens is 887 g/mol. The van der Waals surface area contributed by atoms with E-state index in [2.05, 4.69) is 171 Å². The second kappa shape index (κ2) is 18.1. The molecule has 1 radical (unpaired) electrons. The van der Waals surface area contributed by atoms with Crippen LogP contribution in [0.4, 0.5) is 0 Å². The minimum absolute atomic E-state index is 0. The van der Waals surface area contributed by atoms with Crippen molar-refractivity contribution in [2.75, 3.05) is 0 Å². The Labute approximate surface area is 358 Å². The molecule has 8 aromatic rings. The van der Waals surface area contributed by atoms with Crippen molar-refractivity contribution in [3.63, 3.8) is 0 Å². The zero-order valence-electron chi connectivity index (χ0n) is 35.4. The van der Waals surface area contributed by atoms with Crippen molar-refractivity contribution >= 4 is 22.1 Å². The standard InChI is InChI=1S/C39H39N2O.C14H14N.Ir/c1-23(2)18-29-22-40-36(19-26(29)7)32-15-11-14-30-31-16-17-35(41-39(31)42-38(30)32)37-33(24(3)4)20-28(21-34(37)25(5)6)27-12-9-8-10-13-27;1-10-4-6-13(7-5-10)14-8-11(2)12(3)9-15-14;/h8-14,16-17,19-25H,18H2,1-7H3;4-6,8-9H,1-3H3;/q2*-1;. The van der Waals surface area contributed by atoms with Gasteiger partial charge < -0.3 is 14.4 Å². The molecule has 4 aromatic heterocycles. The van der Waals surface area contributed by atoms with E-state index in [1.54, 1.807) is 0 Å². The number of aromatic nitrogens is 3. The number of fused-ring (bicyclic) bond motifs is 3. The smallest absolute Gasteiger partial charge is 0.216 e. The van der Waals surface area contributed by atoms with Crippen molar-refractivity contribution in [3.8, 4) is 44.9 Å². The van der Waals surface area contributed by atoms with E-state index in [0.29, 0.717) is 23.5 Å². The van der Waals surface area contributed by atoms with Gasteiger partial charge in [0.2, 0.25) is 5.71 Å². The number of pyridine rings is 3. The van der Waals surface area contributed by atoms with Crippen LogP contribution in [0.1, 0.15) is 92.3 Å². The van der Waals surface area contributed by atoms with Gasteiger partial charge in [0.1, 0.15) is 0 Å². The Morgan fingerprint density at radius 3 is 1.93 bits per heavy atom. The Bertz CT molecular complexity index is 2640. The second-order valence-electron chi connectivity index (χ2n) is 16.5. The van der Waals surface area contributed by atoms with Crippen LogP contribution in [0.25, 0.3) is 67.0 Å². The molecule has 0 aliphatic rings. The molecule has 58 heavy (non-hydrogen) atoms. The van der Waals surface area contributed by atoms with Crippen LogP contribution in [0.2, 0.25) is 0 Å². The average Bonchev–Trinajstić information content (AvgIpc) is 3.58. The fourth-order valence-corrected chi connectivity index (χ4v) is 7.45. The van der Waals surface area contributed by atoms with E-state index in [1.807, 2.05) is 24.5 Å². The van der Waals surface area contributed by atoms with Gasteiger partial charge >= 0.3 is 0 Å². The predicted molar refractivity (Wildman–Crippen MR) is 239 cm³/mol. The number of furan rings is 1. The molecule has 0 aliphatic heterocycles. The summed E-state index contributed by atoms with van der Waals surface area (Å²) in [6.07, 6.45) is 4.95. The summed E-state index contributed by atoms with van der Waals surface area (Å²) in [5, 5.41) is 2.05. The minimum atomic E-state index is 0. The molecule has 0 saturated heterocycles. The Kier molecular flexibility index (Phi) is 13.3. The molecule has 4 aromatic carbocycles. The van der Waals surface area contributed by atoms with Crippen LogP contribution in [0.15, 0.2) is 114 Å². The fraction of sp³-hybridized carbons (Fsp3) is 0.264. The third-order valence-corrected chi connectivity index (χ3v) is 10.8. The molecule has 5 heteroatoms. The topological polar surface area (TPSA) is 51.8 Å². The summed E-state index contributed by atoms with van der Waals surface area (Å²) in [4.78, 5) is 14.4. The molecule has 4 nitrogen and oxygen atoms in total. The fourth-order valence-electron chi connectivity index (χ4n) is 7.45. The van der Waals surface area contributed by atoms with Crippen LogP contribution in [-0.4, -0.2) is 15.0 Å². The summed E-state index contributed by atoms with van der Waals surface area (Å²) in [5.41, 5.74) is 18.8. The van der Waals surface area contributed by atoms with Crippen molar-refractivity contribution in [3.05, 3.63) is 161 Å². The maximum absolute atomic E-state index is 6.55. The van der Waals surface area contributed by atoms with Gasteiger partial charge in [0.05, 0.1) is 11.3 Å². The normalized spacial score (nSPS) is 11.3. The van der Waals surface area contributed by atoms with E-state index >= 15 is 0 Å². The predicted octanol–water partition coefficient (Wildman–Crippen LogP) is 14.4. The third-order valence-electron chi connectivity index (χ3n) is 10.8. The Morgan fingerprint density at radius 2 is 1.31 bits per heavy atom. The molecule has 297 valence electrons. The van der Waals surface area contributed by atoms with Gasteiger partial charge in [-0.3, -0.25) is 0 Å². The molecule has 0 aliphatic carbocycles. The van der Waals surface area contributed by atoms with Gasteiger partial charge in [-0.15, -0.1) is 53.6 Å². The summed E-state index contributed by atoms with van der Waals surface area (Å²) in [6, 6.07) is 40.7. The summed E-state index contributed by atoms with van der Waals surface area (Å²) >= 11 is 0. The number of benzene rings is 4. The Hall–Kier alpha value is -5.22. The van der Waals surface area contributed by atoms with Crippen molar-refractivity contribution in [1.82, 2.24) is 15.0 Å². The minimum Gasteiger partial charge on any atom is -0.486 e. The van der Waals surface area contributed by atoms with Gasteiger partial charge in [0.15, 0.2) is 0 Å². The molecule has 0 bridgehead atoms. The van der Waals surface area contributed by atoms with E-state index < -0.39 is 0 Å². The van der Waals surface area contributed by atoms with Crippen molar-refractivity contribution in [2.45, 2.75) is 87.5 Å². The third kappa shape index (κ3) is 9.07. The molecule has 0 saturated carbocycles. The first-order valence-corrected chi connectivity index (χ1v) is 20.2. The summed E-state index contributed by atoms with van der Waals surface area (Å²) in [5.74, 6) is 1.26. The first-order chi connectivity index (χ1) is 27.4. The van der Waals surface area contributed by atoms with Crippen LogP contribution in [0, 0.1) is 45.7 Å². The van der Waals surface area contributed by atoms with E-state index in [9.17, 15) is 0 Å². The van der Waals surface area contributed by atoms with Gasteiger partial charge in [-0.1, -0.05) is 125 Å². The number of aryl methyl sites for hydroxylation is 4. The van der Waals surface area contributed by atoms with Gasteiger partial charge in [0.25, 0.3) is 0 Å². The Balaban J connectivity index is 0.000000298. The number of hydrogen-bond acceptors (Lipinski definition) is 4. The molecule has 0 N–H and O–H groups in total. The SMILES string of the molecule is Cc1c[c-]c(-c2cc(C)c(C)cn2)cc1.Cc1cc(-c2[c-]ccc3c2oc2nc(-c4c(C(C)C)cc(-c5ccccc5)cc4C(C)C)ccc23)ncc1CC(C)C.[Ir]. The first kappa shape index (κ1) is 42.4. The van der Waals surface area contributed by atoms with Crippen LogP contribution >= 0.6 is 0 Å². The van der Waals surface area contributed by atoms with E-state index in [1.165, 1.54) is 55.6 Å². The summed E-state index contributed by atoms with van der Waals surface area (Å²) in [7, 11) is 0. The van der Waals surface area contributed by atoms with Crippen LogP contribution < -0.4 is 0 Å². The van der Waals surface area contributed by atoms with Crippen molar-refractivity contribution < 1.29 is 24.5 Å². The quantitative estimate of drug-likeness (QED) is 0.142. The molecule has 8 rings (SSSR count). The van der Waals surface area contributed by atoms with Crippen LogP contribution in [-0.2, 0) is 26.5 Å². The van der Waals surface area contributed by atoms with Crippen LogP contribution in [0.5, 0.6) is 0 Å². The largest absolute Gasteiger partial charge is 0.486 e. The molecule has 0 fully saturated rings. The molecule has 0 atom stereocenters. The molecule has 0 unspecified atom stereocenters. The van der Waals surface area contributed by atoms with Crippen molar-refractivity contribution in [2.24, 2.45) is 5.92 Å². The van der Waals surface area contributed by atoms with E-state index in [0.717, 1.165) is 51.0 Å². The monoisotopic (exact) mass is 940 g/mol. The van der Waals surface area contributed by atoms with Crippen LogP contribution in [0.3, 0.4) is 0 Å². The molecule has 4 heterocycles. The van der Waals surface area contributed by atoms with E-state index in [-0.39, 0.29) is 20.1 Å². The number of rotatable bonds is 8. The molecule has 0 amide bonds. The Morgan fingerprint density at radius 1 is 0.621 bits per heavy atom. The van der Waals surface area contributed by atoms with Gasteiger partial charge in [0, 0.05) is 43.4 Å². The summed E-state index contributed by atoms with van der Waals surface area (Å²) in [6.45, 7) is 21.9. The second-order valence-corrected chi connectivity index (χ2v) is 16.5. The van der Waals surface area contributed by atoms with Gasteiger partial charge in [-0.2, -0.15) is 0 Å².